The second kappa shape index (κ2) is 12.8. The molecule has 0 spiro atoms. The van der Waals surface area contributed by atoms with E-state index in [0.717, 1.165) is 25.0 Å². The highest BCUT2D eigenvalue weighted by Gasteiger charge is 2.35. The summed E-state index contributed by atoms with van der Waals surface area (Å²) in [6.07, 6.45) is 12.2. The molecule has 0 saturated heterocycles. The first kappa shape index (κ1) is 32.3. The van der Waals surface area contributed by atoms with Crippen LogP contribution in [0.3, 0.4) is 0 Å². The van der Waals surface area contributed by atoms with E-state index in [0.29, 0.717) is 5.92 Å². The molecule has 0 N–H and O–H groups in total. The third-order valence-electron chi connectivity index (χ3n) is 12.9. The Labute approximate surface area is 331 Å². The Bertz CT molecular complexity index is 3150. The number of aromatic nitrogens is 3. The minimum Gasteiger partial charge on any atom is -0.332 e. The lowest BCUT2D eigenvalue weighted by molar-refractivity contribution is 0.641. The first-order valence-corrected chi connectivity index (χ1v) is 20.2. The van der Waals surface area contributed by atoms with Crippen molar-refractivity contribution in [2.24, 2.45) is 0 Å². The van der Waals surface area contributed by atoms with E-state index in [4.69, 9.17) is 4.98 Å². The Morgan fingerprint density at radius 2 is 1.21 bits per heavy atom. The third kappa shape index (κ3) is 5.02. The van der Waals surface area contributed by atoms with Crippen LogP contribution in [0.25, 0.3) is 60.4 Å². The molecule has 0 bridgehead atoms. The van der Waals surface area contributed by atoms with E-state index >= 15 is 0 Å². The van der Waals surface area contributed by atoms with Gasteiger partial charge >= 0.3 is 0 Å². The van der Waals surface area contributed by atoms with E-state index in [2.05, 4.69) is 185 Å². The van der Waals surface area contributed by atoms with E-state index in [9.17, 15) is 0 Å². The summed E-state index contributed by atoms with van der Waals surface area (Å²) < 4.78 is 5.01. The predicted molar refractivity (Wildman–Crippen MR) is 237 cm³/mol. The number of nitrogens with zero attached hydrogens (tertiary/aromatic N) is 3. The van der Waals surface area contributed by atoms with Crippen LogP contribution in [-0.4, -0.2) is 14.1 Å². The van der Waals surface area contributed by atoms with Gasteiger partial charge in [0.05, 0.1) is 22.8 Å². The van der Waals surface area contributed by atoms with E-state index < -0.39 is 0 Å². The minimum atomic E-state index is 0.0364. The van der Waals surface area contributed by atoms with Gasteiger partial charge in [-0.05, 0) is 113 Å². The molecule has 3 aromatic heterocycles. The Morgan fingerprint density at radius 3 is 1.98 bits per heavy atom. The van der Waals surface area contributed by atoms with Crippen LogP contribution in [0.15, 0.2) is 205 Å². The van der Waals surface area contributed by atoms with Crippen molar-refractivity contribution < 1.29 is 0 Å². The Kier molecular flexibility index (Phi) is 7.25. The number of rotatable bonds is 5. The Morgan fingerprint density at radius 1 is 0.544 bits per heavy atom. The molecule has 12 rings (SSSR count). The second-order valence-corrected chi connectivity index (χ2v) is 15.8. The quantitative estimate of drug-likeness (QED) is 0.173. The molecule has 3 heteroatoms. The topological polar surface area (TPSA) is 22.8 Å². The summed E-state index contributed by atoms with van der Waals surface area (Å²) in [5.74, 6) is 0.411. The number of benzene rings is 6. The van der Waals surface area contributed by atoms with Crippen molar-refractivity contribution in [1.29, 1.82) is 0 Å². The molecule has 2 unspecified atom stereocenters. The molecule has 3 nitrogen and oxygen atoms in total. The molecule has 3 aliphatic carbocycles. The van der Waals surface area contributed by atoms with Crippen molar-refractivity contribution in [3.05, 3.63) is 227 Å². The molecule has 2 atom stereocenters. The highest BCUT2D eigenvalue weighted by Crippen LogP contribution is 2.51. The van der Waals surface area contributed by atoms with Crippen molar-refractivity contribution in [2.45, 2.75) is 31.2 Å². The summed E-state index contributed by atoms with van der Waals surface area (Å²) in [6.45, 7) is 0. The standard InChI is InChI=1S/C54H39N3/c1-2-15-39(16-3-1)56-50-22-9-8-20-43(50)47-32-38(27-28-53(47)56)45-33-48(49-21-12-13-29-55-49)54(57-51-23-10-6-18-41(51)42-19-7-11-24-52(42)57)34-46(45)37-26-25-36-30-35-14-4-5-17-40(35)44(36)31-37/h1-29,32-33,44,54H,30-31,34H2. The monoisotopic (exact) mass is 729 g/mol. The Balaban J connectivity index is 1.12. The van der Waals surface area contributed by atoms with Gasteiger partial charge in [0.25, 0.3) is 0 Å². The molecule has 3 heterocycles. The van der Waals surface area contributed by atoms with Gasteiger partial charge in [-0.2, -0.15) is 0 Å². The van der Waals surface area contributed by atoms with Crippen LogP contribution in [0.5, 0.6) is 0 Å². The maximum absolute atomic E-state index is 5.05. The molecular formula is C54H39N3. The van der Waals surface area contributed by atoms with E-state index in [1.807, 2.05) is 12.3 Å². The largest absolute Gasteiger partial charge is 0.332 e. The lowest BCUT2D eigenvalue weighted by atomic mass is 9.76. The maximum Gasteiger partial charge on any atom is 0.0682 e. The predicted octanol–water partition coefficient (Wildman–Crippen LogP) is 13.4. The van der Waals surface area contributed by atoms with Crippen LogP contribution < -0.4 is 0 Å². The van der Waals surface area contributed by atoms with Crippen LogP contribution >= 0.6 is 0 Å². The summed E-state index contributed by atoms with van der Waals surface area (Å²) >= 11 is 0. The van der Waals surface area contributed by atoms with Crippen molar-refractivity contribution in [3.63, 3.8) is 0 Å². The summed E-state index contributed by atoms with van der Waals surface area (Å²) in [5, 5.41) is 5.11. The fraction of sp³-hybridized carbons (Fsp3) is 0.0926. The van der Waals surface area contributed by atoms with Crippen LogP contribution in [0.4, 0.5) is 0 Å². The summed E-state index contributed by atoms with van der Waals surface area (Å²) in [7, 11) is 0. The zero-order chi connectivity index (χ0) is 37.5. The lowest BCUT2D eigenvalue weighted by Crippen LogP contribution is -2.18. The van der Waals surface area contributed by atoms with Gasteiger partial charge < -0.3 is 9.13 Å². The number of hydrogen-bond acceptors (Lipinski definition) is 1. The number of para-hydroxylation sites is 4. The molecule has 270 valence electrons. The van der Waals surface area contributed by atoms with Crippen LogP contribution in [0.1, 0.15) is 47.2 Å². The highest BCUT2D eigenvalue weighted by atomic mass is 15.0. The molecule has 3 aliphatic rings. The van der Waals surface area contributed by atoms with E-state index in [1.54, 1.807) is 0 Å². The zero-order valence-corrected chi connectivity index (χ0v) is 31.5. The van der Waals surface area contributed by atoms with Gasteiger partial charge in [0.15, 0.2) is 0 Å². The average Bonchev–Trinajstić information content (AvgIpc) is 3.94. The number of fused-ring (bicyclic) bond motifs is 9. The zero-order valence-electron chi connectivity index (χ0n) is 31.5. The number of allylic oxidation sites excluding steroid dienone is 8. The van der Waals surface area contributed by atoms with E-state index in [1.165, 1.54) is 93.9 Å². The molecular weight excluding hydrogens is 691 g/mol. The highest BCUT2D eigenvalue weighted by molar-refractivity contribution is 6.11. The first-order chi connectivity index (χ1) is 28.3. The van der Waals surface area contributed by atoms with Crippen LogP contribution in [0, 0.1) is 0 Å². The third-order valence-corrected chi connectivity index (χ3v) is 12.9. The van der Waals surface area contributed by atoms with Gasteiger partial charge in [0, 0.05) is 56.0 Å². The minimum absolute atomic E-state index is 0.0364. The molecule has 6 aromatic carbocycles. The smallest absolute Gasteiger partial charge is 0.0682 e. The molecule has 0 saturated carbocycles. The summed E-state index contributed by atoms with van der Waals surface area (Å²) in [4.78, 5) is 5.05. The van der Waals surface area contributed by atoms with Crippen LogP contribution in [-0.2, 0) is 6.42 Å². The average molecular weight is 730 g/mol. The molecule has 0 amide bonds. The van der Waals surface area contributed by atoms with Gasteiger partial charge in [0.2, 0.25) is 0 Å². The number of pyridine rings is 1. The van der Waals surface area contributed by atoms with Gasteiger partial charge in [-0.25, -0.2) is 0 Å². The maximum atomic E-state index is 5.05. The fourth-order valence-corrected chi connectivity index (χ4v) is 10.3. The molecule has 0 radical (unpaired) electrons. The Hall–Kier alpha value is -6.97. The first-order valence-electron chi connectivity index (χ1n) is 20.2. The van der Waals surface area contributed by atoms with Gasteiger partial charge in [-0.15, -0.1) is 0 Å². The van der Waals surface area contributed by atoms with Crippen LogP contribution in [0.2, 0.25) is 0 Å². The van der Waals surface area contributed by atoms with Crippen molar-refractivity contribution in [3.8, 4) is 5.69 Å². The normalized spacial score (nSPS) is 17.9. The summed E-state index contributed by atoms with van der Waals surface area (Å²) in [5.41, 5.74) is 18.3. The van der Waals surface area contributed by atoms with Gasteiger partial charge in [-0.3, -0.25) is 4.98 Å². The fourth-order valence-electron chi connectivity index (χ4n) is 10.3. The molecule has 57 heavy (non-hydrogen) atoms. The van der Waals surface area contributed by atoms with Crippen molar-refractivity contribution >= 4 is 54.8 Å². The van der Waals surface area contributed by atoms with E-state index in [-0.39, 0.29) is 6.04 Å². The number of hydrogen-bond donors (Lipinski definition) is 0. The summed E-state index contributed by atoms with van der Waals surface area (Å²) in [6, 6.07) is 60.1. The van der Waals surface area contributed by atoms with Gasteiger partial charge in [0.1, 0.15) is 0 Å². The molecule has 0 fully saturated rings. The second-order valence-electron chi connectivity index (χ2n) is 15.8. The van der Waals surface area contributed by atoms with Crippen molar-refractivity contribution in [2.75, 3.05) is 0 Å². The van der Waals surface area contributed by atoms with Gasteiger partial charge in [-0.1, -0.05) is 127 Å². The SMILES string of the molecule is C1=C(C2=C(c3ccc4c(c3)c3ccccc3n4-c3ccccc3)C=C(c3ccccn3)C(n3c4ccccc4c4ccccc43)C2)CC2C(=C1)Cc1ccccc12. The molecule has 9 aromatic rings. The lowest BCUT2D eigenvalue weighted by Gasteiger charge is -2.33. The molecule has 0 aliphatic heterocycles. The van der Waals surface area contributed by atoms with Crippen molar-refractivity contribution in [1.82, 2.24) is 14.1 Å².